The van der Waals surface area contributed by atoms with Gasteiger partial charge in [0.25, 0.3) is 0 Å². The first-order valence-electron chi connectivity index (χ1n) is 13.2. The number of nitrogens with zero attached hydrogens (tertiary/aromatic N) is 1. The van der Waals surface area contributed by atoms with Crippen molar-refractivity contribution in [3.8, 4) is 0 Å². The number of ether oxygens (including phenoxy) is 1. The monoisotopic (exact) mass is 493 g/mol. The molecule has 0 radical (unpaired) electrons. The van der Waals surface area contributed by atoms with E-state index >= 15 is 0 Å². The number of carbonyl (C=O) groups is 2. The lowest BCUT2D eigenvalue weighted by molar-refractivity contribution is -0.143. The Morgan fingerprint density at radius 2 is 1.97 bits per heavy atom. The Morgan fingerprint density at radius 1 is 1.19 bits per heavy atom. The van der Waals surface area contributed by atoms with Crippen molar-refractivity contribution in [1.82, 2.24) is 10.3 Å². The Hall–Kier alpha value is -2.93. The van der Waals surface area contributed by atoms with Crippen LogP contribution in [-0.2, 0) is 32.6 Å². The van der Waals surface area contributed by atoms with Crippen molar-refractivity contribution < 1.29 is 19.4 Å². The zero-order valence-corrected chi connectivity index (χ0v) is 21.5. The zero-order chi connectivity index (χ0) is 25.5. The predicted molar refractivity (Wildman–Crippen MR) is 140 cm³/mol. The number of rotatable bonds is 12. The number of benzene rings is 1. The molecular weight excluding hydrogens is 454 g/mol. The molecule has 2 aliphatic rings. The molecule has 1 aromatic heterocycles. The first-order valence-corrected chi connectivity index (χ1v) is 13.2. The number of nitrogens with one attached hydrogen (secondary N) is 2. The maximum Gasteiger partial charge on any atom is 0.308 e. The molecule has 2 aromatic rings. The summed E-state index contributed by atoms with van der Waals surface area (Å²) in [5.74, 6) is -0.0566. The SMILES string of the molecule is CC(C)(C(=O)NCC(CCOC1CC(CCc2ccc3c(n2)NCCC3)C1)C(=O)O)c1ccccc1. The number of anilines is 1. The van der Waals surface area contributed by atoms with Crippen molar-refractivity contribution in [2.75, 3.05) is 25.0 Å². The molecule has 2 heterocycles. The summed E-state index contributed by atoms with van der Waals surface area (Å²) in [6.45, 7) is 5.20. The molecule has 36 heavy (non-hydrogen) atoms. The molecule has 1 aromatic carbocycles. The number of hydrogen-bond donors (Lipinski definition) is 3. The molecule has 0 spiro atoms. The fraction of sp³-hybridized carbons (Fsp3) is 0.552. The van der Waals surface area contributed by atoms with Gasteiger partial charge >= 0.3 is 5.97 Å². The van der Waals surface area contributed by atoms with Crippen LogP contribution in [0.25, 0.3) is 0 Å². The molecule has 0 saturated heterocycles. The highest BCUT2D eigenvalue weighted by molar-refractivity contribution is 5.87. The number of amides is 1. The molecule has 1 aliphatic carbocycles. The standard InChI is InChI=1S/C29H39N3O4/c1-29(2,23-8-4-3-5-9-23)28(35)31-19-22(27(33)34)14-16-36-25-17-20(18-25)10-12-24-13-11-21-7-6-15-30-26(21)32-24/h3-5,8-9,11,13,20,22,25H,6-7,10,12,14-19H2,1-2H3,(H,30,32)(H,31,35)(H,33,34). The van der Waals surface area contributed by atoms with Crippen LogP contribution in [-0.4, -0.2) is 47.8 Å². The second-order valence-electron chi connectivity index (χ2n) is 10.7. The van der Waals surface area contributed by atoms with Crippen molar-refractivity contribution >= 4 is 17.7 Å². The molecule has 1 amide bonds. The molecular formula is C29H39N3O4. The fourth-order valence-electron chi connectivity index (χ4n) is 5.02. The average Bonchev–Trinajstić information content (AvgIpc) is 2.86. The summed E-state index contributed by atoms with van der Waals surface area (Å²) in [5, 5.41) is 15.9. The van der Waals surface area contributed by atoms with Crippen LogP contribution < -0.4 is 10.6 Å². The van der Waals surface area contributed by atoms with Gasteiger partial charge in [-0.15, -0.1) is 0 Å². The number of fused-ring (bicyclic) bond motifs is 1. The Bertz CT molecular complexity index is 1030. The van der Waals surface area contributed by atoms with E-state index in [-0.39, 0.29) is 18.6 Å². The van der Waals surface area contributed by atoms with E-state index in [1.807, 2.05) is 44.2 Å². The number of carboxylic acids is 1. The summed E-state index contributed by atoms with van der Waals surface area (Å²) >= 11 is 0. The molecule has 1 fully saturated rings. The topological polar surface area (TPSA) is 101 Å². The van der Waals surface area contributed by atoms with Crippen molar-refractivity contribution in [1.29, 1.82) is 0 Å². The minimum atomic E-state index is -0.907. The molecule has 1 unspecified atom stereocenters. The summed E-state index contributed by atoms with van der Waals surface area (Å²) in [7, 11) is 0. The highest BCUT2D eigenvalue weighted by Gasteiger charge is 2.32. The fourth-order valence-corrected chi connectivity index (χ4v) is 5.02. The van der Waals surface area contributed by atoms with Gasteiger partial charge < -0.3 is 20.5 Å². The van der Waals surface area contributed by atoms with E-state index in [2.05, 4.69) is 22.8 Å². The highest BCUT2D eigenvalue weighted by atomic mass is 16.5. The van der Waals surface area contributed by atoms with Crippen LogP contribution in [0.4, 0.5) is 5.82 Å². The normalized spacial score (nSPS) is 19.9. The summed E-state index contributed by atoms with van der Waals surface area (Å²) in [5.41, 5.74) is 2.64. The van der Waals surface area contributed by atoms with Crippen LogP contribution in [0.15, 0.2) is 42.5 Å². The molecule has 194 valence electrons. The van der Waals surface area contributed by atoms with Crippen LogP contribution >= 0.6 is 0 Å². The van der Waals surface area contributed by atoms with Gasteiger partial charge in [0, 0.05) is 25.4 Å². The minimum Gasteiger partial charge on any atom is -0.481 e. The van der Waals surface area contributed by atoms with Gasteiger partial charge in [0.2, 0.25) is 5.91 Å². The van der Waals surface area contributed by atoms with Gasteiger partial charge in [-0.3, -0.25) is 9.59 Å². The Morgan fingerprint density at radius 3 is 2.72 bits per heavy atom. The second kappa shape index (κ2) is 11.9. The van der Waals surface area contributed by atoms with E-state index in [0.717, 1.165) is 55.7 Å². The quantitative estimate of drug-likeness (QED) is 0.406. The average molecular weight is 494 g/mol. The van der Waals surface area contributed by atoms with Gasteiger partial charge in [-0.05, 0) is 81.9 Å². The van der Waals surface area contributed by atoms with Gasteiger partial charge in [0.1, 0.15) is 5.82 Å². The number of carboxylic acid groups (broad SMARTS) is 1. The van der Waals surface area contributed by atoms with E-state index in [9.17, 15) is 14.7 Å². The number of carbonyl (C=O) groups excluding carboxylic acids is 1. The minimum absolute atomic E-state index is 0.101. The molecule has 1 aliphatic heterocycles. The van der Waals surface area contributed by atoms with Crippen molar-refractivity contribution in [3.05, 3.63) is 59.3 Å². The van der Waals surface area contributed by atoms with E-state index in [1.54, 1.807) is 0 Å². The van der Waals surface area contributed by atoms with Gasteiger partial charge in [-0.25, -0.2) is 4.98 Å². The lowest BCUT2D eigenvalue weighted by Gasteiger charge is -2.35. The van der Waals surface area contributed by atoms with E-state index in [4.69, 9.17) is 9.72 Å². The second-order valence-corrected chi connectivity index (χ2v) is 10.7. The van der Waals surface area contributed by atoms with Crippen LogP contribution in [0.5, 0.6) is 0 Å². The van der Waals surface area contributed by atoms with Crippen LogP contribution in [0.2, 0.25) is 0 Å². The maximum atomic E-state index is 12.8. The Kier molecular flexibility index (Phi) is 8.62. The van der Waals surface area contributed by atoms with E-state index in [0.29, 0.717) is 18.9 Å². The molecule has 4 rings (SSSR count). The lowest BCUT2D eigenvalue weighted by atomic mass is 9.79. The predicted octanol–water partition coefficient (Wildman–Crippen LogP) is 4.35. The molecule has 1 atom stereocenters. The number of aliphatic carboxylic acids is 1. The number of pyridine rings is 1. The van der Waals surface area contributed by atoms with Crippen molar-refractivity contribution in [2.24, 2.45) is 11.8 Å². The van der Waals surface area contributed by atoms with Gasteiger partial charge in [-0.2, -0.15) is 0 Å². The molecule has 0 bridgehead atoms. The summed E-state index contributed by atoms with van der Waals surface area (Å²) in [6, 6.07) is 13.9. The third kappa shape index (κ3) is 6.64. The zero-order valence-electron chi connectivity index (χ0n) is 21.5. The van der Waals surface area contributed by atoms with Gasteiger partial charge in [0.05, 0.1) is 17.4 Å². The van der Waals surface area contributed by atoms with E-state index in [1.165, 1.54) is 12.0 Å². The summed E-state index contributed by atoms with van der Waals surface area (Å²) in [4.78, 5) is 29.3. The van der Waals surface area contributed by atoms with Crippen molar-refractivity contribution in [2.45, 2.75) is 70.3 Å². The maximum absolute atomic E-state index is 12.8. The number of aromatic nitrogens is 1. The van der Waals surface area contributed by atoms with Crippen LogP contribution in [0, 0.1) is 11.8 Å². The molecule has 3 N–H and O–H groups in total. The lowest BCUT2D eigenvalue weighted by Crippen LogP contribution is -2.43. The first kappa shape index (κ1) is 26.1. The van der Waals surface area contributed by atoms with Crippen LogP contribution in [0.3, 0.4) is 0 Å². The van der Waals surface area contributed by atoms with Gasteiger partial charge in [-0.1, -0.05) is 36.4 Å². The first-order chi connectivity index (χ1) is 17.3. The largest absolute Gasteiger partial charge is 0.481 e. The third-order valence-corrected chi connectivity index (χ3v) is 7.69. The van der Waals surface area contributed by atoms with E-state index < -0.39 is 17.3 Å². The summed E-state index contributed by atoms with van der Waals surface area (Å²) < 4.78 is 5.96. The molecule has 7 nitrogen and oxygen atoms in total. The molecule has 1 saturated carbocycles. The Balaban J connectivity index is 1.13. The number of aryl methyl sites for hydroxylation is 2. The van der Waals surface area contributed by atoms with Crippen LogP contribution in [0.1, 0.15) is 62.8 Å². The third-order valence-electron chi connectivity index (χ3n) is 7.69. The smallest absolute Gasteiger partial charge is 0.308 e. The van der Waals surface area contributed by atoms with Gasteiger partial charge in [0.15, 0.2) is 0 Å². The Labute approximate surface area is 214 Å². The highest BCUT2D eigenvalue weighted by Crippen LogP contribution is 2.34. The molecule has 7 heteroatoms. The number of hydrogen-bond acceptors (Lipinski definition) is 5. The van der Waals surface area contributed by atoms with Crippen molar-refractivity contribution in [3.63, 3.8) is 0 Å². The summed E-state index contributed by atoms with van der Waals surface area (Å²) in [6.07, 6.45) is 6.98.